The normalized spacial score (nSPS) is 14.0. The molecular weight excluding hydrogens is 1390 g/mol. The Kier molecular flexibility index (Phi) is 67.4. The molecule has 2 heterocycles. The smallest absolute Gasteiger partial charge is 0.260 e. The Morgan fingerprint density at radius 2 is 0.755 bits per heavy atom. The number of hydrogen-bond donors (Lipinski definition) is 2. The van der Waals surface area contributed by atoms with Gasteiger partial charge in [0.1, 0.15) is 23.5 Å². The summed E-state index contributed by atoms with van der Waals surface area (Å²) in [4.78, 5) is 20.0. The lowest BCUT2D eigenvalue weighted by Gasteiger charge is -2.29. The van der Waals surface area contributed by atoms with Crippen LogP contribution in [0, 0.1) is 11.8 Å². The van der Waals surface area contributed by atoms with Crippen LogP contribution in [0.5, 0.6) is 5.88 Å². The summed E-state index contributed by atoms with van der Waals surface area (Å²) in [6, 6.07) is 0. The monoisotopic (exact) mass is 1530 g/mol. The zero-order valence-corrected chi connectivity index (χ0v) is 64.0. The number of fused-ring (bicyclic) bond motifs is 1. The van der Waals surface area contributed by atoms with E-state index < -0.39 is 0 Å². The van der Waals surface area contributed by atoms with Crippen LogP contribution in [0.1, 0.15) is 65.1 Å². The topological polar surface area (TPSA) is 378 Å². The van der Waals surface area contributed by atoms with E-state index in [2.05, 4.69) is 37.0 Å². The van der Waals surface area contributed by atoms with Crippen LogP contribution in [0.2, 0.25) is 0 Å². The van der Waals surface area contributed by atoms with E-state index in [0.29, 0.717) is 353 Å². The molecule has 1 fully saturated rings. The standard InChI is InChI=1S/C71H131N9O26/c1-4-5-6-66-76-68-69(71(106-63(2)3)78-77-70(68)72)80(66)62-65-9-7-64(8-10-65)61-74-67(81)11-13-82-15-17-84-19-21-86-23-25-88-27-29-90-31-33-92-35-37-94-39-41-96-43-45-98-47-49-100-51-53-102-55-57-104-59-60-105-58-56-103-54-52-101-50-48-99-46-44-97-42-40-95-38-36-93-34-32-91-30-28-89-26-24-87-22-20-85-18-16-83-14-12-75-79-73/h11,13,63-65H,4-10,12,14-62H2,1-3H3,(H2,72,77)(H,74,81). The van der Waals surface area contributed by atoms with Gasteiger partial charge in [-0.25, -0.2) is 4.98 Å². The van der Waals surface area contributed by atoms with E-state index in [1.807, 2.05) is 13.8 Å². The number of nitrogens with zero attached hydrogens (tertiary/aromatic N) is 7. The van der Waals surface area contributed by atoms with Crippen LogP contribution in [-0.4, -0.2) is 355 Å². The van der Waals surface area contributed by atoms with Crippen molar-refractivity contribution in [3.63, 3.8) is 0 Å². The van der Waals surface area contributed by atoms with Gasteiger partial charge in [0.05, 0.1) is 316 Å². The molecule has 0 radical (unpaired) electrons. The number of nitrogen functional groups attached to an aromatic ring is 1. The first kappa shape index (κ1) is 95.8. The lowest BCUT2D eigenvalue weighted by Crippen LogP contribution is -2.31. The molecule has 1 aliphatic carbocycles. The number of carbonyl (C=O) groups is 1. The fourth-order valence-electron chi connectivity index (χ4n) is 9.67. The zero-order chi connectivity index (χ0) is 75.4. The number of rotatable bonds is 83. The maximum atomic E-state index is 12.5. The molecule has 3 rings (SSSR count). The molecule has 35 heteroatoms. The molecule has 35 nitrogen and oxygen atoms in total. The maximum absolute atomic E-state index is 12.5. The number of imidazole rings is 1. The second kappa shape index (κ2) is 74.6. The Morgan fingerprint density at radius 3 is 1.05 bits per heavy atom. The molecule has 106 heavy (non-hydrogen) atoms. The summed E-state index contributed by atoms with van der Waals surface area (Å²) >= 11 is 0. The van der Waals surface area contributed by atoms with Crippen LogP contribution in [0.3, 0.4) is 0 Å². The predicted molar refractivity (Wildman–Crippen MR) is 391 cm³/mol. The van der Waals surface area contributed by atoms with Crippen molar-refractivity contribution in [2.45, 2.75) is 78.4 Å². The van der Waals surface area contributed by atoms with Crippen LogP contribution < -0.4 is 15.8 Å². The summed E-state index contributed by atoms with van der Waals surface area (Å²) in [7, 11) is 0. The summed E-state index contributed by atoms with van der Waals surface area (Å²) in [5.41, 5.74) is 15.9. The third kappa shape index (κ3) is 58.5. The first-order valence-corrected chi connectivity index (χ1v) is 38.0. The van der Waals surface area contributed by atoms with Gasteiger partial charge >= 0.3 is 0 Å². The zero-order valence-electron chi connectivity index (χ0n) is 64.0. The molecule has 1 amide bonds. The highest BCUT2D eigenvalue weighted by atomic mass is 16.6. The second-order valence-electron chi connectivity index (χ2n) is 23.8. The van der Waals surface area contributed by atoms with Crippen molar-refractivity contribution in [3.8, 4) is 5.88 Å². The molecule has 0 saturated heterocycles. The summed E-state index contributed by atoms with van der Waals surface area (Å²) in [5.74, 6) is 2.53. The summed E-state index contributed by atoms with van der Waals surface area (Å²) < 4.78 is 141. The third-order valence-electron chi connectivity index (χ3n) is 15.1. The van der Waals surface area contributed by atoms with Crippen molar-refractivity contribution in [1.82, 2.24) is 25.1 Å². The second-order valence-corrected chi connectivity index (χ2v) is 23.8. The van der Waals surface area contributed by atoms with Crippen molar-refractivity contribution in [3.05, 3.63) is 28.6 Å². The van der Waals surface area contributed by atoms with E-state index in [9.17, 15) is 4.79 Å². The number of amides is 1. The fourth-order valence-corrected chi connectivity index (χ4v) is 9.67. The number of carbonyl (C=O) groups excluding carboxylic acids is 1. The van der Waals surface area contributed by atoms with Crippen molar-refractivity contribution >= 4 is 22.8 Å². The lowest BCUT2D eigenvalue weighted by atomic mass is 9.82. The Balaban J connectivity index is 0.887. The molecule has 0 unspecified atom stereocenters. The highest BCUT2D eigenvalue weighted by Crippen LogP contribution is 2.34. The van der Waals surface area contributed by atoms with Gasteiger partial charge < -0.3 is 134 Å². The molecule has 2 aromatic heterocycles. The van der Waals surface area contributed by atoms with Gasteiger partial charge in [-0.1, -0.05) is 18.5 Å². The summed E-state index contributed by atoms with van der Waals surface area (Å²) in [5, 5.41) is 14.8. The molecule has 0 aliphatic heterocycles. The van der Waals surface area contributed by atoms with Gasteiger partial charge in [-0.2, -0.15) is 0 Å². The number of nitrogens with two attached hydrogens (primary N) is 1. The predicted octanol–water partition coefficient (Wildman–Crippen LogP) is 4.68. The van der Waals surface area contributed by atoms with E-state index in [4.69, 9.17) is 135 Å². The number of aromatic nitrogens is 4. The first-order valence-electron chi connectivity index (χ1n) is 38.0. The van der Waals surface area contributed by atoms with E-state index in [1.165, 1.54) is 12.3 Å². The van der Waals surface area contributed by atoms with E-state index >= 15 is 0 Å². The molecule has 1 saturated carbocycles. The van der Waals surface area contributed by atoms with Gasteiger partial charge in [-0.15, -0.1) is 10.2 Å². The lowest BCUT2D eigenvalue weighted by molar-refractivity contribution is -0.116. The van der Waals surface area contributed by atoms with E-state index in [1.54, 1.807) is 0 Å². The number of azide groups is 1. The molecule has 616 valence electrons. The molecule has 0 bridgehead atoms. The Labute approximate surface area is 628 Å². The van der Waals surface area contributed by atoms with Gasteiger partial charge in [0.15, 0.2) is 5.82 Å². The third-order valence-corrected chi connectivity index (χ3v) is 15.1. The number of unbranched alkanes of at least 4 members (excludes halogenated alkanes) is 1. The number of ether oxygens (including phenoxy) is 25. The molecular formula is C71H131N9O26. The molecule has 3 N–H and O–H groups in total. The molecule has 0 spiro atoms. The van der Waals surface area contributed by atoms with Crippen molar-refractivity contribution < 1.29 is 123 Å². The van der Waals surface area contributed by atoms with Crippen molar-refractivity contribution in [2.75, 3.05) is 329 Å². The Bertz CT molecular complexity index is 2330. The molecule has 0 aromatic carbocycles. The van der Waals surface area contributed by atoms with Gasteiger partial charge in [0, 0.05) is 37.0 Å². The average Bonchev–Trinajstić information content (AvgIpc) is 1.62. The van der Waals surface area contributed by atoms with Crippen LogP contribution in [0.25, 0.3) is 21.5 Å². The number of aryl methyl sites for hydroxylation is 1. The number of hydrogen-bond acceptors (Lipinski definition) is 31. The van der Waals surface area contributed by atoms with Gasteiger partial charge in [0.2, 0.25) is 5.91 Å². The minimum atomic E-state index is -0.173. The van der Waals surface area contributed by atoms with Crippen LogP contribution in [0.4, 0.5) is 5.82 Å². The average molecular weight is 1530 g/mol. The van der Waals surface area contributed by atoms with Crippen molar-refractivity contribution in [2.24, 2.45) is 17.0 Å². The molecule has 2 aromatic rings. The van der Waals surface area contributed by atoms with Crippen LogP contribution in [-0.2, 0) is 131 Å². The highest BCUT2D eigenvalue weighted by molar-refractivity contribution is 5.89. The Morgan fingerprint density at radius 1 is 0.462 bits per heavy atom. The van der Waals surface area contributed by atoms with Gasteiger partial charge in [0.25, 0.3) is 5.88 Å². The van der Waals surface area contributed by atoms with E-state index in [-0.39, 0.29) is 12.0 Å². The summed E-state index contributed by atoms with van der Waals surface area (Å²) in [6.45, 7) is 29.7. The fraction of sp³-hybridized carbons (Fsp3) is 0.887. The molecule has 0 atom stereocenters. The van der Waals surface area contributed by atoms with E-state index in [0.717, 1.165) is 62.8 Å². The van der Waals surface area contributed by atoms with Crippen molar-refractivity contribution in [1.29, 1.82) is 0 Å². The summed E-state index contributed by atoms with van der Waals surface area (Å²) in [6.07, 6.45) is 9.91. The number of nitrogens with one attached hydrogen (secondary N) is 1. The minimum Gasteiger partial charge on any atom is -0.499 e. The van der Waals surface area contributed by atoms with Gasteiger partial charge in [-0.05, 0) is 63.3 Å². The van der Waals surface area contributed by atoms with Crippen LogP contribution >= 0.6 is 0 Å². The van der Waals surface area contributed by atoms with Crippen LogP contribution in [0.15, 0.2) is 17.5 Å². The van der Waals surface area contributed by atoms with Gasteiger partial charge in [-0.3, -0.25) is 4.79 Å². The number of anilines is 1. The minimum absolute atomic E-state index is 0.0530. The largest absolute Gasteiger partial charge is 0.499 e. The maximum Gasteiger partial charge on any atom is 0.260 e. The first-order chi connectivity index (χ1) is 52.4. The Hall–Kier alpha value is -4.45. The SMILES string of the molecule is CCCCc1nc2c(N)nnc(OC(C)C)c2n1CC1CCC(CNC(=O)C=COCCOCCOCCOCCOCCOCCOCCOCCOCCOCCOCCOCCOCCOCCOCCOCCOCCOCCOCCOCCOCCOCCOCCOCCN=[N+]=[N-])CC1. The highest BCUT2D eigenvalue weighted by Gasteiger charge is 2.26. The molecule has 1 aliphatic rings. The quantitative estimate of drug-likeness (QED) is 0.0227.